The first-order valence-corrected chi connectivity index (χ1v) is 7.00. The maximum atomic E-state index is 5.15. The number of methoxy groups -OCH3 is 1. The molecule has 1 fully saturated rings. The van der Waals surface area contributed by atoms with Gasteiger partial charge in [0.15, 0.2) is 0 Å². The van der Waals surface area contributed by atoms with Crippen LogP contribution in [0, 0.1) is 11.8 Å². The zero-order valence-corrected chi connectivity index (χ0v) is 11.3. The fraction of sp³-hybridized carbons (Fsp3) is 1.00. The fourth-order valence-electron chi connectivity index (χ4n) is 2.90. The Labute approximate surface area is 101 Å². The Balaban J connectivity index is 2.30. The molecule has 0 spiro atoms. The lowest BCUT2D eigenvalue weighted by Gasteiger charge is -2.33. The first-order chi connectivity index (χ1) is 7.77. The highest BCUT2D eigenvalue weighted by molar-refractivity contribution is 4.80. The van der Waals surface area contributed by atoms with E-state index in [4.69, 9.17) is 4.74 Å². The molecule has 16 heavy (non-hydrogen) atoms. The molecule has 0 heterocycles. The average molecular weight is 227 g/mol. The summed E-state index contributed by atoms with van der Waals surface area (Å²) < 4.78 is 5.15. The maximum Gasteiger partial charge on any atom is 0.0462 e. The van der Waals surface area contributed by atoms with Crippen molar-refractivity contribution in [3.8, 4) is 0 Å². The van der Waals surface area contributed by atoms with Crippen molar-refractivity contribution in [1.82, 2.24) is 5.32 Å². The number of rotatable bonds is 7. The van der Waals surface area contributed by atoms with E-state index in [1.54, 1.807) is 7.11 Å². The minimum absolute atomic E-state index is 0.729. The van der Waals surface area contributed by atoms with Gasteiger partial charge in [0.25, 0.3) is 0 Å². The highest BCUT2D eigenvalue weighted by Gasteiger charge is 2.24. The first kappa shape index (κ1) is 14.0. The van der Waals surface area contributed by atoms with E-state index in [1.807, 2.05) is 0 Å². The predicted octanol–water partition coefficient (Wildman–Crippen LogP) is 3.22. The summed E-state index contributed by atoms with van der Waals surface area (Å²) in [5, 5.41) is 3.67. The predicted molar refractivity (Wildman–Crippen MR) is 69.7 cm³/mol. The lowest BCUT2D eigenvalue weighted by atomic mass is 9.78. The highest BCUT2D eigenvalue weighted by Crippen LogP contribution is 2.31. The highest BCUT2D eigenvalue weighted by atomic mass is 16.5. The standard InChI is InChI=1S/C14H29NO/c1-4-15-14(6-5-11-16-3)13-9-7-12(2)8-10-13/h12-15H,4-11H2,1-3H3. The van der Waals surface area contributed by atoms with Gasteiger partial charge in [0, 0.05) is 19.8 Å². The van der Waals surface area contributed by atoms with Crippen LogP contribution in [0.3, 0.4) is 0 Å². The molecule has 1 atom stereocenters. The van der Waals surface area contributed by atoms with Crippen molar-refractivity contribution in [1.29, 1.82) is 0 Å². The van der Waals surface area contributed by atoms with E-state index in [0.29, 0.717) is 0 Å². The van der Waals surface area contributed by atoms with E-state index in [1.165, 1.54) is 38.5 Å². The molecule has 1 aliphatic rings. The second-order valence-corrected chi connectivity index (χ2v) is 5.32. The molecule has 1 saturated carbocycles. The Bertz CT molecular complexity index is 164. The quantitative estimate of drug-likeness (QED) is 0.674. The van der Waals surface area contributed by atoms with Crippen molar-refractivity contribution in [3.63, 3.8) is 0 Å². The van der Waals surface area contributed by atoms with Crippen LogP contribution < -0.4 is 5.32 Å². The molecule has 0 amide bonds. The summed E-state index contributed by atoms with van der Waals surface area (Å²) in [5.74, 6) is 1.87. The van der Waals surface area contributed by atoms with Crippen LogP contribution in [-0.4, -0.2) is 26.3 Å². The Morgan fingerprint density at radius 3 is 2.50 bits per heavy atom. The largest absolute Gasteiger partial charge is 0.385 e. The van der Waals surface area contributed by atoms with Crippen molar-refractivity contribution in [2.45, 2.75) is 58.4 Å². The zero-order chi connectivity index (χ0) is 11.8. The Kier molecular flexibility index (Phi) is 7.06. The van der Waals surface area contributed by atoms with Crippen molar-refractivity contribution in [3.05, 3.63) is 0 Å². The number of nitrogens with one attached hydrogen (secondary N) is 1. The van der Waals surface area contributed by atoms with Gasteiger partial charge in [0.2, 0.25) is 0 Å². The van der Waals surface area contributed by atoms with Gasteiger partial charge >= 0.3 is 0 Å². The molecule has 0 radical (unpaired) electrons. The van der Waals surface area contributed by atoms with Gasteiger partial charge in [-0.2, -0.15) is 0 Å². The van der Waals surface area contributed by atoms with Gasteiger partial charge < -0.3 is 10.1 Å². The average Bonchev–Trinajstić information content (AvgIpc) is 2.29. The topological polar surface area (TPSA) is 21.3 Å². The van der Waals surface area contributed by atoms with Crippen molar-refractivity contribution in [2.24, 2.45) is 11.8 Å². The molecule has 1 rings (SSSR count). The van der Waals surface area contributed by atoms with E-state index in [9.17, 15) is 0 Å². The van der Waals surface area contributed by atoms with Crippen LogP contribution in [0.5, 0.6) is 0 Å². The van der Waals surface area contributed by atoms with E-state index < -0.39 is 0 Å². The van der Waals surface area contributed by atoms with E-state index in [0.717, 1.165) is 31.0 Å². The smallest absolute Gasteiger partial charge is 0.0462 e. The van der Waals surface area contributed by atoms with Crippen LogP contribution in [0.2, 0.25) is 0 Å². The minimum atomic E-state index is 0.729. The second kappa shape index (κ2) is 8.08. The van der Waals surface area contributed by atoms with Gasteiger partial charge in [0.1, 0.15) is 0 Å². The third kappa shape index (κ3) is 4.84. The van der Waals surface area contributed by atoms with Crippen LogP contribution in [0.25, 0.3) is 0 Å². The van der Waals surface area contributed by atoms with Gasteiger partial charge in [-0.25, -0.2) is 0 Å². The number of hydrogen-bond acceptors (Lipinski definition) is 2. The molecule has 2 nitrogen and oxygen atoms in total. The molecule has 0 saturated heterocycles. The Morgan fingerprint density at radius 1 is 1.25 bits per heavy atom. The Morgan fingerprint density at radius 2 is 1.94 bits per heavy atom. The van der Waals surface area contributed by atoms with Gasteiger partial charge in [-0.05, 0) is 44.1 Å². The zero-order valence-electron chi connectivity index (χ0n) is 11.3. The summed E-state index contributed by atoms with van der Waals surface area (Å²) in [6.45, 7) is 6.62. The van der Waals surface area contributed by atoms with Crippen molar-refractivity contribution >= 4 is 0 Å². The van der Waals surface area contributed by atoms with Crippen molar-refractivity contribution in [2.75, 3.05) is 20.3 Å². The SMILES string of the molecule is CCNC(CCCOC)C1CCC(C)CC1. The summed E-state index contributed by atoms with van der Waals surface area (Å²) in [6.07, 6.45) is 8.17. The van der Waals surface area contributed by atoms with Crippen LogP contribution in [0.4, 0.5) is 0 Å². The molecule has 0 aromatic carbocycles. The summed E-state index contributed by atoms with van der Waals surface area (Å²) in [5.41, 5.74) is 0. The first-order valence-electron chi connectivity index (χ1n) is 7.00. The molecule has 1 aliphatic carbocycles. The van der Waals surface area contributed by atoms with Gasteiger partial charge in [-0.3, -0.25) is 0 Å². The number of hydrogen-bond donors (Lipinski definition) is 1. The van der Waals surface area contributed by atoms with Gasteiger partial charge in [0.05, 0.1) is 0 Å². The minimum Gasteiger partial charge on any atom is -0.385 e. The fourth-order valence-corrected chi connectivity index (χ4v) is 2.90. The molecular weight excluding hydrogens is 198 g/mol. The summed E-state index contributed by atoms with van der Waals surface area (Å²) >= 11 is 0. The monoisotopic (exact) mass is 227 g/mol. The lowest BCUT2D eigenvalue weighted by molar-refractivity contribution is 0.172. The normalized spacial score (nSPS) is 27.9. The molecule has 1 unspecified atom stereocenters. The van der Waals surface area contributed by atoms with Crippen LogP contribution in [0.1, 0.15) is 52.4 Å². The third-order valence-corrected chi connectivity index (χ3v) is 3.96. The molecular formula is C14H29NO. The third-order valence-electron chi connectivity index (χ3n) is 3.96. The summed E-state index contributed by atoms with van der Waals surface area (Å²) in [6, 6.07) is 0.729. The van der Waals surface area contributed by atoms with Gasteiger partial charge in [-0.15, -0.1) is 0 Å². The second-order valence-electron chi connectivity index (χ2n) is 5.32. The van der Waals surface area contributed by atoms with E-state index in [-0.39, 0.29) is 0 Å². The van der Waals surface area contributed by atoms with Crippen LogP contribution in [-0.2, 0) is 4.74 Å². The van der Waals surface area contributed by atoms with Gasteiger partial charge in [-0.1, -0.05) is 26.7 Å². The molecule has 0 bridgehead atoms. The van der Waals surface area contributed by atoms with E-state index in [2.05, 4.69) is 19.2 Å². The molecule has 0 aromatic rings. The molecule has 0 aliphatic heterocycles. The van der Waals surface area contributed by atoms with E-state index >= 15 is 0 Å². The summed E-state index contributed by atoms with van der Waals surface area (Å²) in [4.78, 5) is 0. The van der Waals surface area contributed by atoms with Crippen LogP contribution >= 0.6 is 0 Å². The Hall–Kier alpha value is -0.0800. The van der Waals surface area contributed by atoms with Crippen molar-refractivity contribution < 1.29 is 4.74 Å². The molecule has 0 aromatic heterocycles. The van der Waals surface area contributed by atoms with Crippen LogP contribution in [0.15, 0.2) is 0 Å². The maximum absolute atomic E-state index is 5.15. The summed E-state index contributed by atoms with van der Waals surface area (Å²) in [7, 11) is 1.80. The number of ether oxygens (including phenoxy) is 1. The molecule has 2 heteroatoms. The molecule has 96 valence electrons. The molecule has 1 N–H and O–H groups in total. The lowest BCUT2D eigenvalue weighted by Crippen LogP contribution is -2.38.